The first-order chi connectivity index (χ1) is 5.58. The number of carbonyl (C=O) groups excluding carboxylic acids is 1. The van der Waals surface area contributed by atoms with Crippen molar-refractivity contribution in [2.24, 2.45) is 0 Å². The van der Waals surface area contributed by atoms with Crippen LogP contribution in [0.4, 0.5) is 0 Å². The summed E-state index contributed by atoms with van der Waals surface area (Å²) in [5.74, 6) is -1.18. The topological polar surface area (TPSA) is 78.4 Å². The highest BCUT2D eigenvalue weighted by atomic mass is 16.4. The van der Waals surface area contributed by atoms with Gasteiger partial charge in [0.15, 0.2) is 0 Å². The fraction of sp³-hybridized carbons (Fsp3) is 0.714. The summed E-state index contributed by atoms with van der Waals surface area (Å²) in [4.78, 5) is 20.2. The molecule has 0 aromatic rings. The highest BCUT2D eigenvalue weighted by Crippen LogP contribution is 1.86. The molecule has 0 spiro atoms. The van der Waals surface area contributed by atoms with Crippen LogP contribution in [0, 0.1) is 0 Å². The minimum absolute atomic E-state index is 0.0613. The minimum atomic E-state index is -0.946. The van der Waals surface area contributed by atoms with Crippen LogP contribution in [0.25, 0.3) is 0 Å². The maximum atomic E-state index is 10.3. The van der Waals surface area contributed by atoms with Gasteiger partial charge in [0, 0.05) is 13.5 Å². The van der Waals surface area contributed by atoms with Crippen molar-refractivity contribution in [2.75, 3.05) is 21.1 Å². The average molecular weight is 176 g/mol. The maximum Gasteiger partial charge on any atom is 0.303 e. The maximum absolute atomic E-state index is 10.3. The summed E-state index contributed by atoms with van der Waals surface area (Å²) >= 11 is 0. The Labute approximate surface area is 72.2 Å². The summed E-state index contributed by atoms with van der Waals surface area (Å²) in [7, 11) is 5.23. The number of nitrogens with one attached hydrogen (secondary N) is 2. The smallest absolute Gasteiger partial charge is 0.303 e. The summed E-state index contributed by atoms with van der Waals surface area (Å²) in [5, 5.41) is 13.1. The lowest BCUT2D eigenvalue weighted by Gasteiger charge is -1.93. The van der Waals surface area contributed by atoms with Gasteiger partial charge in [-0.05, 0) is 14.1 Å². The van der Waals surface area contributed by atoms with Gasteiger partial charge >= 0.3 is 5.97 Å². The number of rotatable bonds is 3. The van der Waals surface area contributed by atoms with Crippen LogP contribution in [0.1, 0.15) is 12.8 Å². The van der Waals surface area contributed by atoms with Crippen molar-refractivity contribution in [1.29, 1.82) is 0 Å². The van der Waals surface area contributed by atoms with E-state index in [1.54, 1.807) is 0 Å². The van der Waals surface area contributed by atoms with E-state index in [1.165, 1.54) is 7.05 Å². The third kappa shape index (κ3) is 16.0. The molecule has 72 valence electrons. The predicted octanol–water partition coefficient (Wildman–Crippen LogP) is -0.567. The van der Waals surface area contributed by atoms with E-state index < -0.39 is 5.97 Å². The summed E-state index contributed by atoms with van der Waals surface area (Å²) < 4.78 is 0. The van der Waals surface area contributed by atoms with Crippen LogP contribution in [0.2, 0.25) is 0 Å². The SMILES string of the molecule is CNC.CNC(=O)CCC(=O)O. The fourth-order valence-corrected chi connectivity index (χ4v) is 0.345. The summed E-state index contributed by atoms with van der Waals surface area (Å²) in [6.45, 7) is 0. The summed E-state index contributed by atoms with van der Waals surface area (Å²) in [6, 6.07) is 0. The van der Waals surface area contributed by atoms with Crippen molar-refractivity contribution < 1.29 is 14.7 Å². The molecule has 3 N–H and O–H groups in total. The molecular formula is C7H16N2O3. The molecule has 5 heteroatoms. The monoisotopic (exact) mass is 176 g/mol. The highest BCUT2D eigenvalue weighted by Gasteiger charge is 2.00. The Kier molecular flexibility index (Phi) is 11.1. The molecule has 12 heavy (non-hydrogen) atoms. The fourth-order valence-electron chi connectivity index (χ4n) is 0.345. The van der Waals surface area contributed by atoms with Gasteiger partial charge in [-0.1, -0.05) is 0 Å². The van der Waals surface area contributed by atoms with Gasteiger partial charge in [-0.2, -0.15) is 0 Å². The first-order valence-corrected chi connectivity index (χ1v) is 3.59. The van der Waals surface area contributed by atoms with E-state index in [0.29, 0.717) is 0 Å². The second-order valence-corrected chi connectivity index (χ2v) is 2.07. The molecule has 0 atom stereocenters. The van der Waals surface area contributed by atoms with Gasteiger partial charge in [0.05, 0.1) is 6.42 Å². The lowest BCUT2D eigenvalue weighted by Crippen LogP contribution is -2.18. The van der Waals surface area contributed by atoms with E-state index >= 15 is 0 Å². The molecule has 0 heterocycles. The van der Waals surface area contributed by atoms with E-state index in [0.717, 1.165) is 0 Å². The van der Waals surface area contributed by atoms with E-state index in [1.807, 2.05) is 14.1 Å². The third-order valence-corrected chi connectivity index (χ3v) is 0.845. The van der Waals surface area contributed by atoms with Crippen molar-refractivity contribution in [1.82, 2.24) is 10.6 Å². The molecule has 0 saturated carbocycles. The second-order valence-electron chi connectivity index (χ2n) is 2.07. The van der Waals surface area contributed by atoms with E-state index in [2.05, 4.69) is 10.6 Å². The van der Waals surface area contributed by atoms with Gasteiger partial charge < -0.3 is 15.7 Å². The lowest BCUT2D eigenvalue weighted by molar-refractivity contribution is -0.138. The van der Waals surface area contributed by atoms with Gasteiger partial charge in [-0.25, -0.2) is 0 Å². The van der Waals surface area contributed by atoms with Crippen LogP contribution >= 0.6 is 0 Å². The largest absolute Gasteiger partial charge is 0.481 e. The van der Waals surface area contributed by atoms with Gasteiger partial charge in [-0.15, -0.1) is 0 Å². The van der Waals surface area contributed by atoms with Crippen molar-refractivity contribution >= 4 is 11.9 Å². The van der Waals surface area contributed by atoms with Gasteiger partial charge in [0.2, 0.25) is 5.91 Å². The standard InChI is InChI=1S/C5H9NO3.C2H7N/c1-6-4(7)2-3-5(8)9;1-3-2/h2-3H2,1H3,(H,6,7)(H,8,9);3H,1-2H3. The predicted molar refractivity (Wildman–Crippen MR) is 45.9 cm³/mol. The lowest BCUT2D eigenvalue weighted by atomic mass is 10.3. The summed E-state index contributed by atoms with van der Waals surface area (Å²) in [5.41, 5.74) is 0. The average Bonchev–Trinajstić information content (AvgIpc) is 2.01. The molecule has 0 radical (unpaired) electrons. The van der Waals surface area contributed by atoms with Crippen LogP contribution in [-0.4, -0.2) is 38.1 Å². The number of aliphatic carboxylic acids is 1. The van der Waals surface area contributed by atoms with Crippen LogP contribution in [0.3, 0.4) is 0 Å². The molecule has 0 bridgehead atoms. The van der Waals surface area contributed by atoms with Gasteiger partial charge in [0.25, 0.3) is 0 Å². The first-order valence-electron chi connectivity index (χ1n) is 3.59. The summed E-state index contributed by atoms with van der Waals surface area (Å²) in [6.07, 6.45) is -0.0362. The van der Waals surface area contributed by atoms with Crippen molar-refractivity contribution in [3.8, 4) is 0 Å². The van der Waals surface area contributed by atoms with Crippen LogP contribution in [0.15, 0.2) is 0 Å². The van der Waals surface area contributed by atoms with Crippen molar-refractivity contribution in [3.63, 3.8) is 0 Å². The Balaban J connectivity index is 0. The Morgan fingerprint density at radius 2 is 1.58 bits per heavy atom. The minimum Gasteiger partial charge on any atom is -0.481 e. The van der Waals surface area contributed by atoms with Gasteiger partial charge in [0.1, 0.15) is 0 Å². The Hall–Kier alpha value is -1.10. The van der Waals surface area contributed by atoms with Crippen LogP contribution < -0.4 is 10.6 Å². The molecule has 5 nitrogen and oxygen atoms in total. The van der Waals surface area contributed by atoms with Crippen LogP contribution in [0.5, 0.6) is 0 Å². The molecule has 0 aromatic carbocycles. The molecule has 0 aliphatic heterocycles. The quantitative estimate of drug-likeness (QED) is 0.538. The molecule has 0 saturated heterocycles. The Morgan fingerprint density at radius 1 is 1.17 bits per heavy atom. The molecule has 0 unspecified atom stereocenters. The number of hydrogen-bond acceptors (Lipinski definition) is 3. The van der Waals surface area contributed by atoms with Crippen molar-refractivity contribution in [2.45, 2.75) is 12.8 Å². The van der Waals surface area contributed by atoms with Gasteiger partial charge in [-0.3, -0.25) is 9.59 Å². The highest BCUT2D eigenvalue weighted by molar-refractivity contribution is 5.80. The number of carboxylic acids is 1. The molecule has 1 amide bonds. The zero-order valence-corrected chi connectivity index (χ0v) is 7.68. The molecule has 0 aliphatic rings. The Morgan fingerprint density at radius 3 is 1.83 bits per heavy atom. The van der Waals surface area contributed by atoms with Crippen molar-refractivity contribution in [3.05, 3.63) is 0 Å². The van der Waals surface area contributed by atoms with E-state index in [4.69, 9.17) is 5.11 Å². The van der Waals surface area contributed by atoms with E-state index in [9.17, 15) is 9.59 Å². The van der Waals surface area contributed by atoms with E-state index in [-0.39, 0.29) is 18.7 Å². The zero-order chi connectivity index (χ0) is 9.98. The van der Waals surface area contributed by atoms with Crippen LogP contribution in [-0.2, 0) is 9.59 Å². The second kappa shape index (κ2) is 9.90. The number of amides is 1. The molecular weight excluding hydrogens is 160 g/mol. The molecule has 0 rings (SSSR count). The number of hydrogen-bond donors (Lipinski definition) is 3. The molecule has 0 aliphatic carbocycles. The molecule has 0 fully saturated rings. The molecule has 0 aromatic heterocycles. The Bertz CT molecular complexity index is 137. The zero-order valence-electron chi connectivity index (χ0n) is 7.68. The normalized spacial score (nSPS) is 7.92. The number of carboxylic acid groups (broad SMARTS) is 1. The first kappa shape index (κ1) is 13.5. The number of carbonyl (C=O) groups is 2. The third-order valence-electron chi connectivity index (χ3n) is 0.845.